The summed E-state index contributed by atoms with van der Waals surface area (Å²) >= 11 is 6.01. The summed E-state index contributed by atoms with van der Waals surface area (Å²) in [6.45, 7) is 0.521. The lowest BCUT2D eigenvalue weighted by molar-refractivity contribution is -0.00160. The van der Waals surface area contributed by atoms with Gasteiger partial charge in [0.25, 0.3) is 5.91 Å². The van der Waals surface area contributed by atoms with E-state index in [0.29, 0.717) is 34.9 Å². The summed E-state index contributed by atoms with van der Waals surface area (Å²) in [6, 6.07) is 14.2. The van der Waals surface area contributed by atoms with Gasteiger partial charge in [0.2, 0.25) is 0 Å². The van der Waals surface area contributed by atoms with Crippen molar-refractivity contribution in [3.8, 4) is 5.75 Å². The summed E-state index contributed by atoms with van der Waals surface area (Å²) in [4.78, 5) is 12.2. The highest BCUT2D eigenvalue weighted by Crippen LogP contribution is 2.36. The summed E-state index contributed by atoms with van der Waals surface area (Å²) < 4.78 is 5.54. The van der Waals surface area contributed by atoms with Crippen LogP contribution in [0.4, 0.5) is 0 Å². The maximum absolute atomic E-state index is 12.2. The second-order valence-electron chi connectivity index (χ2n) is 5.29. The van der Waals surface area contributed by atoms with Gasteiger partial charge in [0, 0.05) is 12.0 Å². The van der Waals surface area contributed by atoms with E-state index in [1.54, 1.807) is 24.3 Å². The Balaban J connectivity index is 1.77. The molecule has 2 aromatic carbocycles. The number of nitrogens with one attached hydrogen (secondary N) is 1. The zero-order valence-electron chi connectivity index (χ0n) is 11.9. The number of hydrogen-bond donors (Lipinski definition) is 2. The average molecular weight is 318 g/mol. The fraction of sp³-hybridized carbons (Fsp3) is 0.235. The zero-order chi connectivity index (χ0) is 15.6. The molecule has 2 N–H and O–H groups in total. The van der Waals surface area contributed by atoms with Gasteiger partial charge in [-0.3, -0.25) is 4.79 Å². The molecule has 0 aromatic heterocycles. The summed E-state index contributed by atoms with van der Waals surface area (Å²) in [5.74, 6) is 0.353. The Hall–Kier alpha value is -2.04. The number of para-hydroxylation sites is 1. The van der Waals surface area contributed by atoms with Crippen molar-refractivity contribution in [2.24, 2.45) is 0 Å². The summed E-state index contributed by atoms with van der Waals surface area (Å²) in [5.41, 5.74) is -0.0417. The van der Waals surface area contributed by atoms with Gasteiger partial charge in [0.1, 0.15) is 11.4 Å². The van der Waals surface area contributed by atoms with Crippen molar-refractivity contribution in [1.82, 2.24) is 5.32 Å². The summed E-state index contributed by atoms with van der Waals surface area (Å²) in [6.07, 6.45) is 0.423. The first-order valence-corrected chi connectivity index (χ1v) is 7.45. The molecule has 0 aliphatic carbocycles. The Kier molecular flexibility index (Phi) is 4.05. The van der Waals surface area contributed by atoms with Crippen LogP contribution in [-0.2, 0) is 5.60 Å². The van der Waals surface area contributed by atoms with E-state index in [0.717, 1.165) is 0 Å². The summed E-state index contributed by atoms with van der Waals surface area (Å²) in [5, 5.41) is 14.0. The average Bonchev–Trinajstić information content (AvgIpc) is 2.54. The number of aliphatic hydroxyl groups is 1. The van der Waals surface area contributed by atoms with Gasteiger partial charge in [-0.25, -0.2) is 0 Å². The molecule has 0 saturated carbocycles. The molecule has 0 saturated heterocycles. The number of amides is 1. The quantitative estimate of drug-likeness (QED) is 0.915. The Morgan fingerprint density at radius 2 is 1.95 bits per heavy atom. The van der Waals surface area contributed by atoms with Gasteiger partial charge in [-0.2, -0.15) is 0 Å². The van der Waals surface area contributed by atoms with Crippen LogP contribution in [0.25, 0.3) is 0 Å². The highest BCUT2D eigenvalue weighted by Gasteiger charge is 2.35. The van der Waals surface area contributed by atoms with Crippen LogP contribution in [0.3, 0.4) is 0 Å². The molecule has 3 rings (SSSR count). The fourth-order valence-electron chi connectivity index (χ4n) is 2.59. The normalized spacial score (nSPS) is 19.9. The molecule has 4 nitrogen and oxygen atoms in total. The Morgan fingerprint density at radius 3 is 2.77 bits per heavy atom. The van der Waals surface area contributed by atoms with Crippen molar-refractivity contribution in [3.05, 3.63) is 64.7 Å². The highest BCUT2D eigenvalue weighted by atomic mass is 35.5. The lowest BCUT2D eigenvalue weighted by Gasteiger charge is -2.34. The molecule has 5 heteroatoms. The predicted molar refractivity (Wildman–Crippen MR) is 84.2 cm³/mol. The molecule has 114 valence electrons. The predicted octanol–water partition coefficient (Wildman–Crippen LogP) is 2.74. The number of hydrogen-bond acceptors (Lipinski definition) is 3. The van der Waals surface area contributed by atoms with E-state index in [2.05, 4.69) is 5.32 Å². The van der Waals surface area contributed by atoms with Gasteiger partial charge in [0.05, 0.1) is 23.7 Å². The van der Waals surface area contributed by atoms with Crippen molar-refractivity contribution in [1.29, 1.82) is 0 Å². The van der Waals surface area contributed by atoms with Crippen LogP contribution in [0.2, 0.25) is 5.02 Å². The molecule has 1 atom stereocenters. The minimum Gasteiger partial charge on any atom is -0.493 e. The van der Waals surface area contributed by atoms with Crippen molar-refractivity contribution >= 4 is 17.5 Å². The van der Waals surface area contributed by atoms with Crippen LogP contribution >= 0.6 is 11.6 Å². The highest BCUT2D eigenvalue weighted by molar-refractivity contribution is 6.33. The molecular formula is C17H16ClNO3. The topological polar surface area (TPSA) is 58.6 Å². The SMILES string of the molecule is O=C(NC[C@]1(O)CCOc2ccccc21)c1ccccc1Cl. The minimum absolute atomic E-state index is 0.109. The molecule has 0 spiro atoms. The van der Waals surface area contributed by atoms with E-state index in [1.807, 2.05) is 24.3 Å². The van der Waals surface area contributed by atoms with Crippen LogP contribution < -0.4 is 10.1 Å². The monoisotopic (exact) mass is 317 g/mol. The Bertz CT molecular complexity index is 704. The van der Waals surface area contributed by atoms with Crippen LogP contribution in [0, 0.1) is 0 Å². The Morgan fingerprint density at radius 1 is 1.23 bits per heavy atom. The van der Waals surface area contributed by atoms with E-state index >= 15 is 0 Å². The maximum atomic E-state index is 12.2. The first-order valence-electron chi connectivity index (χ1n) is 7.07. The maximum Gasteiger partial charge on any atom is 0.252 e. The number of ether oxygens (including phenoxy) is 1. The van der Waals surface area contributed by atoms with Gasteiger partial charge in [-0.1, -0.05) is 41.9 Å². The van der Waals surface area contributed by atoms with E-state index in [1.165, 1.54) is 0 Å². The van der Waals surface area contributed by atoms with Crippen molar-refractivity contribution in [2.45, 2.75) is 12.0 Å². The van der Waals surface area contributed by atoms with Gasteiger partial charge in [0.15, 0.2) is 0 Å². The molecule has 0 bridgehead atoms. The molecule has 22 heavy (non-hydrogen) atoms. The first-order chi connectivity index (χ1) is 10.6. The van der Waals surface area contributed by atoms with Crippen LogP contribution in [0.1, 0.15) is 22.3 Å². The zero-order valence-corrected chi connectivity index (χ0v) is 12.6. The van der Waals surface area contributed by atoms with Crippen molar-refractivity contribution in [3.63, 3.8) is 0 Å². The number of benzene rings is 2. The van der Waals surface area contributed by atoms with E-state index < -0.39 is 5.60 Å². The molecule has 1 heterocycles. The van der Waals surface area contributed by atoms with Crippen molar-refractivity contribution < 1.29 is 14.6 Å². The van der Waals surface area contributed by atoms with Gasteiger partial charge in [-0.05, 0) is 18.2 Å². The van der Waals surface area contributed by atoms with Gasteiger partial charge in [-0.15, -0.1) is 0 Å². The Labute approximate surface area is 133 Å². The van der Waals surface area contributed by atoms with Crippen molar-refractivity contribution in [2.75, 3.05) is 13.2 Å². The minimum atomic E-state index is -1.13. The summed E-state index contributed by atoms with van der Waals surface area (Å²) in [7, 11) is 0. The lowest BCUT2D eigenvalue weighted by atomic mass is 9.88. The third-order valence-corrected chi connectivity index (χ3v) is 4.15. The molecule has 0 fully saturated rings. The third-order valence-electron chi connectivity index (χ3n) is 3.82. The standard InChI is InChI=1S/C17H16ClNO3/c18-14-7-3-1-5-12(14)16(20)19-11-17(21)9-10-22-15-8-4-2-6-13(15)17/h1-8,21H,9-11H2,(H,19,20)/t17-/m1/s1. The lowest BCUT2D eigenvalue weighted by Crippen LogP contribution is -2.44. The number of carbonyl (C=O) groups is 1. The van der Waals surface area contributed by atoms with E-state index in [-0.39, 0.29) is 12.5 Å². The smallest absolute Gasteiger partial charge is 0.252 e. The number of halogens is 1. The molecule has 2 aromatic rings. The van der Waals surface area contributed by atoms with Gasteiger partial charge < -0.3 is 15.2 Å². The van der Waals surface area contributed by atoms with Crippen LogP contribution in [0.15, 0.2) is 48.5 Å². The molecular weight excluding hydrogens is 302 g/mol. The largest absolute Gasteiger partial charge is 0.493 e. The van der Waals surface area contributed by atoms with Crippen LogP contribution in [-0.4, -0.2) is 24.2 Å². The molecule has 1 amide bonds. The van der Waals surface area contributed by atoms with E-state index in [4.69, 9.17) is 16.3 Å². The second-order valence-corrected chi connectivity index (χ2v) is 5.70. The third kappa shape index (κ3) is 2.80. The molecule has 1 aliphatic rings. The number of rotatable bonds is 3. The fourth-order valence-corrected chi connectivity index (χ4v) is 2.81. The van der Waals surface area contributed by atoms with Gasteiger partial charge >= 0.3 is 0 Å². The number of fused-ring (bicyclic) bond motifs is 1. The van der Waals surface area contributed by atoms with Crippen LogP contribution in [0.5, 0.6) is 5.75 Å². The second kappa shape index (κ2) is 5.99. The molecule has 1 aliphatic heterocycles. The first kappa shape index (κ1) is 14.9. The molecule has 0 unspecified atom stereocenters. The van der Waals surface area contributed by atoms with E-state index in [9.17, 15) is 9.90 Å². The number of carbonyl (C=O) groups excluding carboxylic acids is 1. The molecule has 0 radical (unpaired) electrons.